The van der Waals surface area contributed by atoms with Crippen molar-refractivity contribution >= 4 is 27.8 Å². The number of carbonyl (C=O) groups excluding carboxylic acids is 1. The van der Waals surface area contributed by atoms with E-state index in [1.807, 2.05) is 0 Å². The van der Waals surface area contributed by atoms with Crippen molar-refractivity contribution in [2.45, 2.75) is 19.4 Å². The smallest absolute Gasteiger partial charge is 0.325 e. The Morgan fingerprint density at radius 3 is 2.76 bits per heavy atom. The maximum Gasteiger partial charge on any atom is 0.325 e. The molecule has 17 heavy (non-hydrogen) atoms. The molecule has 0 bridgehead atoms. The van der Waals surface area contributed by atoms with Gasteiger partial charge in [-0.2, -0.15) is 0 Å². The molecule has 92 valence electrons. The molecule has 1 aromatic rings. The van der Waals surface area contributed by atoms with E-state index in [1.165, 1.54) is 25.1 Å². The van der Waals surface area contributed by atoms with Gasteiger partial charge in [-0.1, -0.05) is 15.9 Å². The van der Waals surface area contributed by atoms with Gasteiger partial charge in [0, 0.05) is 4.47 Å². The lowest BCUT2D eigenvalue weighted by molar-refractivity contribution is -0.141. The highest BCUT2D eigenvalue weighted by atomic mass is 79.9. The van der Waals surface area contributed by atoms with E-state index in [1.54, 1.807) is 0 Å². The number of carboxylic acid groups (broad SMARTS) is 1. The van der Waals surface area contributed by atoms with Crippen molar-refractivity contribution in [3.8, 4) is 0 Å². The molecule has 0 unspecified atom stereocenters. The first-order chi connectivity index (χ1) is 7.90. The van der Waals surface area contributed by atoms with E-state index < -0.39 is 23.7 Å². The second-order valence-electron chi connectivity index (χ2n) is 3.54. The number of amides is 1. The van der Waals surface area contributed by atoms with Crippen molar-refractivity contribution in [3.63, 3.8) is 0 Å². The van der Waals surface area contributed by atoms with Crippen molar-refractivity contribution in [1.82, 2.24) is 5.32 Å². The molecule has 2 N–H and O–H groups in total. The average molecular weight is 304 g/mol. The fraction of sp³-hybridized carbons (Fsp3) is 0.273. The molecule has 6 heteroatoms. The van der Waals surface area contributed by atoms with Gasteiger partial charge < -0.3 is 10.4 Å². The third kappa shape index (κ3) is 4.14. The Hall–Kier alpha value is -1.43. The molecule has 0 aromatic heterocycles. The van der Waals surface area contributed by atoms with Crippen molar-refractivity contribution < 1.29 is 19.1 Å². The number of carboxylic acids is 1. The minimum absolute atomic E-state index is 0.0734. The quantitative estimate of drug-likeness (QED) is 0.890. The molecule has 0 saturated carbocycles. The molecule has 4 nitrogen and oxygen atoms in total. The molecule has 0 heterocycles. The standard InChI is InChI=1S/C11H11BrFNO3/c1-6(11(16)17)14-10(15)5-7-4-8(13)2-3-9(7)12/h2-4,6H,5H2,1H3,(H,14,15)(H,16,17)/t6-/m0/s1. The Kier molecular flexibility index (Phi) is 4.62. The third-order valence-corrected chi connectivity index (χ3v) is 2.88. The summed E-state index contributed by atoms with van der Waals surface area (Å²) in [6.07, 6.45) is -0.0734. The van der Waals surface area contributed by atoms with Gasteiger partial charge in [-0.3, -0.25) is 9.59 Å². The number of rotatable bonds is 4. The summed E-state index contributed by atoms with van der Waals surface area (Å²) in [6, 6.07) is 3.04. The fourth-order valence-corrected chi connectivity index (χ4v) is 1.59. The Morgan fingerprint density at radius 2 is 2.18 bits per heavy atom. The van der Waals surface area contributed by atoms with Gasteiger partial charge in [0.05, 0.1) is 6.42 Å². The number of hydrogen-bond donors (Lipinski definition) is 2. The van der Waals surface area contributed by atoms with E-state index in [0.717, 1.165) is 0 Å². The van der Waals surface area contributed by atoms with Gasteiger partial charge in [-0.25, -0.2) is 4.39 Å². The topological polar surface area (TPSA) is 66.4 Å². The summed E-state index contributed by atoms with van der Waals surface area (Å²) < 4.78 is 13.6. The maximum absolute atomic E-state index is 12.9. The van der Waals surface area contributed by atoms with E-state index in [0.29, 0.717) is 10.0 Å². The molecule has 0 saturated heterocycles. The maximum atomic E-state index is 12.9. The van der Waals surface area contributed by atoms with Gasteiger partial charge in [-0.15, -0.1) is 0 Å². The van der Waals surface area contributed by atoms with Crippen molar-refractivity contribution in [2.75, 3.05) is 0 Å². The highest BCUT2D eigenvalue weighted by Crippen LogP contribution is 2.18. The van der Waals surface area contributed by atoms with Gasteiger partial charge in [0.1, 0.15) is 11.9 Å². The van der Waals surface area contributed by atoms with Crippen LogP contribution in [0.4, 0.5) is 4.39 Å². The van der Waals surface area contributed by atoms with Crippen molar-refractivity contribution in [2.24, 2.45) is 0 Å². The van der Waals surface area contributed by atoms with E-state index >= 15 is 0 Å². The first-order valence-corrected chi connectivity index (χ1v) is 5.65. The monoisotopic (exact) mass is 303 g/mol. The predicted molar refractivity (Wildman–Crippen MR) is 63.0 cm³/mol. The average Bonchev–Trinajstić information content (AvgIpc) is 2.23. The molecule has 1 rings (SSSR count). The molecule has 0 aliphatic heterocycles. The van der Waals surface area contributed by atoms with Gasteiger partial charge in [0.25, 0.3) is 0 Å². The number of halogens is 2. The predicted octanol–water partition coefficient (Wildman–Crippen LogP) is 1.72. The molecule has 0 fully saturated rings. The van der Waals surface area contributed by atoms with E-state index in [2.05, 4.69) is 21.2 Å². The molecule has 0 aliphatic rings. The zero-order valence-electron chi connectivity index (χ0n) is 9.04. The lowest BCUT2D eigenvalue weighted by atomic mass is 10.1. The van der Waals surface area contributed by atoms with Crippen LogP contribution in [-0.4, -0.2) is 23.0 Å². The zero-order chi connectivity index (χ0) is 13.0. The Bertz CT molecular complexity index is 450. The van der Waals surface area contributed by atoms with Gasteiger partial charge in [0.2, 0.25) is 5.91 Å². The second-order valence-corrected chi connectivity index (χ2v) is 4.39. The van der Waals surface area contributed by atoms with Crippen LogP contribution in [0, 0.1) is 5.82 Å². The summed E-state index contributed by atoms with van der Waals surface area (Å²) in [4.78, 5) is 22.0. The van der Waals surface area contributed by atoms with Crippen molar-refractivity contribution in [1.29, 1.82) is 0 Å². The van der Waals surface area contributed by atoms with Gasteiger partial charge in [-0.05, 0) is 30.7 Å². The number of nitrogens with one attached hydrogen (secondary N) is 1. The highest BCUT2D eigenvalue weighted by molar-refractivity contribution is 9.10. The third-order valence-electron chi connectivity index (χ3n) is 2.11. The largest absolute Gasteiger partial charge is 0.480 e. The SMILES string of the molecule is C[C@H](NC(=O)Cc1cc(F)ccc1Br)C(=O)O. The Labute approximate surface area is 106 Å². The summed E-state index contributed by atoms with van der Waals surface area (Å²) in [5.74, 6) is -2.02. The molecule has 1 aromatic carbocycles. The number of carbonyl (C=O) groups is 2. The van der Waals surface area contributed by atoms with Gasteiger partial charge >= 0.3 is 5.97 Å². The molecule has 0 spiro atoms. The fourth-order valence-electron chi connectivity index (χ4n) is 1.21. The van der Waals surface area contributed by atoms with Crippen LogP contribution in [0.3, 0.4) is 0 Å². The lowest BCUT2D eigenvalue weighted by Crippen LogP contribution is -2.39. The van der Waals surface area contributed by atoms with Crippen LogP contribution in [0.25, 0.3) is 0 Å². The summed E-state index contributed by atoms with van der Waals surface area (Å²) in [7, 11) is 0. The minimum atomic E-state index is -1.11. The molecule has 1 atom stereocenters. The Balaban J connectivity index is 2.68. The number of benzene rings is 1. The second kappa shape index (κ2) is 5.77. The molecule has 1 amide bonds. The van der Waals surface area contributed by atoms with Crippen LogP contribution < -0.4 is 5.32 Å². The molecule has 0 aliphatic carbocycles. The van der Waals surface area contributed by atoms with Crippen molar-refractivity contribution in [3.05, 3.63) is 34.1 Å². The summed E-state index contributed by atoms with van der Waals surface area (Å²) in [5.41, 5.74) is 0.472. The van der Waals surface area contributed by atoms with Crippen LogP contribution in [0.2, 0.25) is 0 Å². The molecular formula is C11H11BrFNO3. The first kappa shape index (κ1) is 13.6. The van der Waals surface area contributed by atoms with E-state index in [9.17, 15) is 14.0 Å². The highest BCUT2D eigenvalue weighted by Gasteiger charge is 2.15. The summed E-state index contributed by atoms with van der Waals surface area (Å²) in [5, 5.41) is 10.9. The number of aliphatic carboxylic acids is 1. The van der Waals surface area contributed by atoms with Crippen LogP contribution in [-0.2, 0) is 16.0 Å². The van der Waals surface area contributed by atoms with E-state index in [4.69, 9.17) is 5.11 Å². The molecular weight excluding hydrogens is 293 g/mol. The normalized spacial score (nSPS) is 11.9. The van der Waals surface area contributed by atoms with E-state index in [-0.39, 0.29) is 6.42 Å². The lowest BCUT2D eigenvalue weighted by Gasteiger charge is -2.10. The Morgan fingerprint density at radius 1 is 1.53 bits per heavy atom. The summed E-state index contributed by atoms with van der Waals surface area (Å²) in [6.45, 7) is 1.36. The summed E-state index contributed by atoms with van der Waals surface area (Å²) >= 11 is 3.19. The molecule has 0 radical (unpaired) electrons. The zero-order valence-corrected chi connectivity index (χ0v) is 10.6. The first-order valence-electron chi connectivity index (χ1n) is 4.86. The van der Waals surface area contributed by atoms with Gasteiger partial charge in [0.15, 0.2) is 0 Å². The van der Waals surface area contributed by atoms with Crippen LogP contribution in [0.15, 0.2) is 22.7 Å². The van der Waals surface area contributed by atoms with Crippen LogP contribution in [0.5, 0.6) is 0 Å². The van der Waals surface area contributed by atoms with Crippen LogP contribution >= 0.6 is 15.9 Å². The number of hydrogen-bond acceptors (Lipinski definition) is 2. The minimum Gasteiger partial charge on any atom is -0.480 e. The van der Waals surface area contributed by atoms with Crippen LogP contribution in [0.1, 0.15) is 12.5 Å².